The van der Waals surface area contributed by atoms with E-state index in [2.05, 4.69) is 38.1 Å². The second kappa shape index (κ2) is 6.06. The summed E-state index contributed by atoms with van der Waals surface area (Å²) in [6.07, 6.45) is 3.33. The molecular formula is C19H25N3O2. The lowest BCUT2D eigenvalue weighted by atomic mass is 9.75. The number of aromatic nitrogens is 1. The number of hydrogen-bond donors (Lipinski definition) is 1. The third kappa shape index (κ3) is 2.73. The summed E-state index contributed by atoms with van der Waals surface area (Å²) in [5, 5.41) is 3.65. The van der Waals surface area contributed by atoms with Gasteiger partial charge >= 0.3 is 0 Å². The fraction of sp³-hybridized carbons (Fsp3) is 0.474. The van der Waals surface area contributed by atoms with Gasteiger partial charge in [0.25, 0.3) is 5.91 Å². The molecule has 2 N–H and O–H groups in total. The Morgan fingerprint density at radius 2 is 2.21 bits per heavy atom. The van der Waals surface area contributed by atoms with Crippen molar-refractivity contribution in [1.82, 2.24) is 5.16 Å². The van der Waals surface area contributed by atoms with E-state index in [9.17, 15) is 4.79 Å². The highest BCUT2D eigenvalue weighted by atomic mass is 16.5. The molecule has 3 rings (SSSR count). The van der Waals surface area contributed by atoms with E-state index in [1.165, 1.54) is 17.3 Å². The maximum Gasteiger partial charge on any atom is 0.296 e. The van der Waals surface area contributed by atoms with Crippen LogP contribution in [0.2, 0.25) is 0 Å². The van der Waals surface area contributed by atoms with Crippen molar-refractivity contribution in [2.24, 2.45) is 5.73 Å². The molecule has 0 aliphatic carbocycles. The number of rotatable bonds is 3. The largest absolute Gasteiger partial charge is 0.351 e. The summed E-state index contributed by atoms with van der Waals surface area (Å²) < 4.78 is 5.07. The first kappa shape index (κ1) is 16.7. The van der Waals surface area contributed by atoms with Crippen LogP contribution in [0.4, 0.5) is 5.69 Å². The van der Waals surface area contributed by atoms with E-state index in [1.807, 2.05) is 6.92 Å². The number of nitrogens with two attached hydrogens (primary N) is 1. The number of aryl methyl sites for hydroxylation is 1. The number of carbonyl (C=O) groups is 1. The summed E-state index contributed by atoms with van der Waals surface area (Å²) in [7, 11) is 0. The third-order valence-corrected chi connectivity index (χ3v) is 5.00. The van der Waals surface area contributed by atoms with Gasteiger partial charge in [0, 0.05) is 24.3 Å². The summed E-state index contributed by atoms with van der Waals surface area (Å²) in [5.74, 6) is 0.117. The number of anilines is 1. The Balaban J connectivity index is 2.15. The van der Waals surface area contributed by atoms with Gasteiger partial charge in [0.1, 0.15) is 0 Å². The normalized spacial score (nSPS) is 17.5. The summed E-state index contributed by atoms with van der Waals surface area (Å²) in [5.41, 5.74) is 10.7. The predicted molar refractivity (Wildman–Crippen MR) is 94.2 cm³/mol. The minimum absolute atomic E-state index is 0.0216. The van der Waals surface area contributed by atoms with Gasteiger partial charge in [-0.2, -0.15) is 0 Å². The standard InChI is InChI=1S/C19H25N3O2/c1-5-13-10-15-16(11-14(13)12(2)20)22(9-7-19(15,3)4)18(23)17-6-8-21-24-17/h6,8,10-12H,5,7,9,20H2,1-4H3. The first-order chi connectivity index (χ1) is 11.3. The zero-order valence-corrected chi connectivity index (χ0v) is 14.8. The lowest BCUT2D eigenvalue weighted by Gasteiger charge is -2.39. The Labute approximate surface area is 142 Å². The summed E-state index contributed by atoms with van der Waals surface area (Å²) >= 11 is 0. The lowest BCUT2D eigenvalue weighted by Crippen LogP contribution is -2.41. The Bertz CT molecular complexity index is 748. The van der Waals surface area contributed by atoms with Crippen LogP contribution in [-0.4, -0.2) is 17.6 Å². The van der Waals surface area contributed by atoms with Crippen molar-refractivity contribution in [3.8, 4) is 0 Å². The predicted octanol–water partition coefficient (Wildman–Crippen LogP) is 3.58. The second-order valence-electron chi connectivity index (χ2n) is 7.18. The molecule has 2 heterocycles. The molecule has 0 fully saturated rings. The van der Waals surface area contributed by atoms with E-state index >= 15 is 0 Å². The molecule has 5 nitrogen and oxygen atoms in total. The smallest absolute Gasteiger partial charge is 0.296 e. The third-order valence-electron chi connectivity index (χ3n) is 5.00. The number of amides is 1. The Morgan fingerprint density at radius 3 is 2.79 bits per heavy atom. The molecular weight excluding hydrogens is 302 g/mol. The molecule has 1 amide bonds. The Morgan fingerprint density at radius 1 is 1.46 bits per heavy atom. The zero-order chi connectivity index (χ0) is 17.5. The molecule has 1 aromatic carbocycles. The molecule has 0 saturated heterocycles. The summed E-state index contributed by atoms with van der Waals surface area (Å²) in [6.45, 7) is 9.24. The van der Waals surface area contributed by atoms with Crippen LogP contribution < -0.4 is 10.6 Å². The molecule has 0 saturated carbocycles. The fourth-order valence-corrected chi connectivity index (χ4v) is 3.46. The Hall–Kier alpha value is -2.14. The van der Waals surface area contributed by atoms with Crippen molar-refractivity contribution >= 4 is 11.6 Å². The maximum absolute atomic E-state index is 12.8. The van der Waals surface area contributed by atoms with E-state index < -0.39 is 0 Å². The second-order valence-corrected chi connectivity index (χ2v) is 7.18. The van der Waals surface area contributed by atoms with Crippen LogP contribution in [0.3, 0.4) is 0 Å². The molecule has 1 unspecified atom stereocenters. The quantitative estimate of drug-likeness (QED) is 0.935. The summed E-state index contributed by atoms with van der Waals surface area (Å²) in [4.78, 5) is 14.6. The van der Waals surface area contributed by atoms with Crippen LogP contribution >= 0.6 is 0 Å². The maximum atomic E-state index is 12.8. The molecule has 1 atom stereocenters. The molecule has 2 aromatic rings. The first-order valence-corrected chi connectivity index (χ1v) is 8.50. The molecule has 24 heavy (non-hydrogen) atoms. The van der Waals surface area contributed by atoms with Gasteiger partial charge in [0.2, 0.25) is 5.76 Å². The zero-order valence-electron chi connectivity index (χ0n) is 14.8. The highest BCUT2D eigenvalue weighted by molar-refractivity contribution is 6.05. The van der Waals surface area contributed by atoms with E-state index in [0.717, 1.165) is 24.1 Å². The molecule has 1 aromatic heterocycles. The van der Waals surface area contributed by atoms with E-state index in [0.29, 0.717) is 6.54 Å². The van der Waals surface area contributed by atoms with Crippen LogP contribution in [-0.2, 0) is 11.8 Å². The van der Waals surface area contributed by atoms with Gasteiger partial charge in [-0.1, -0.05) is 32.0 Å². The highest BCUT2D eigenvalue weighted by Crippen LogP contribution is 2.42. The Kier molecular flexibility index (Phi) is 4.22. The van der Waals surface area contributed by atoms with Gasteiger partial charge < -0.3 is 15.2 Å². The van der Waals surface area contributed by atoms with Crippen molar-refractivity contribution in [2.75, 3.05) is 11.4 Å². The topological polar surface area (TPSA) is 72.4 Å². The van der Waals surface area contributed by atoms with Crippen molar-refractivity contribution in [3.63, 3.8) is 0 Å². The van der Waals surface area contributed by atoms with Gasteiger partial charge in [-0.05, 0) is 47.9 Å². The molecule has 5 heteroatoms. The SMILES string of the molecule is CCc1cc2c(cc1C(C)N)N(C(=O)c1ccno1)CCC2(C)C. The minimum atomic E-state index is -0.149. The molecule has 1 aliphatic rings. The average Bonchev–Trinajstić information content (AvgIpc) is 3.07. The van der Waals surface area contributed by atoms with Crippen LogP contribution in [0.5, 0.6) is 0 Å². The van der Waals surface area contributed by atoms with Crippen LogP contribution in [0.15, 0.2) is 28.9 Å². The average molecular weight is 327 g/mol. The monoisotopic (exact) mass is 327 g/mol. The fourth-order valence-electron chi connectivity index (χ4n) is 3.46. The minimum Gasteiger partial charge on any atom is -0.351 e. The van der Waals surface area contributed by atoms with Gasteiger partial charge in [0.05, 0.1) is 6.20 Å². The van der Waals surface area contributed by atoms with Gasteiger partial charge in [-0.15, -0.1) is 0 Å². The van der Waals surface area contributed by atoms with E-state index in [4.69, 9.17) is 10.3 Å². The number of benzene rings is 1. The molecule has 0 radical (unpaired) electrons. The number of fused-ring (bicyclic) bond motifs is 1. The molecule has 0 spiro atoms. The lowest BCUT2D eigenvalue weighted by molar-refractivity contribution is 0.0946. The summed E-state index contributed by atoms with van der Waals surface area (Å²) in [6, 6.07) is 5.86. The highest BCUT2D eigenvalue weighted by Gasteiger charge is 2.35. The van der Waals surface area contributed by atoms with E-state index in [-0.39, 0.29) is 23.1 Å². The number of hydrogen-bond acceptors (Lipinski definition) is 4. The van der Waals surface area contributed by atoms with Crippen molar-refractivity contribution in [1.29, 1.82) is 0 Å². The van der Waals surface area contributed by atoms with Crippen LogP contribution in [0.1, 0.15) is 67.4 Å². The molecule has 0 bridgehead atoms. The van der Waals surface area contributed by atoms with Crippen LogP contribution in [0.25, 0.3) is 0 Å². The first-order valence-electron chi connectivity index (χ1n) is 8.50. The van der Waals surface area contributed by atoms with Crippen molar-refractivity contribution in [3.05, 3.63) is 46.8 Å². The number of carbonyl (C=O) groups excluding carboxylic acids is 1. The van der Waals surface area contributed by atoms with Gasteiger partial charge in [-0.3, -0.25) is 4.79 Å². The van der Waals surface area contributed by atoms with Gasteiger partial charge in [-0.25, -0.2) is 0 Å². The van der Waals surface area contributed by atoms with E-state index in [1.54, 1.807) is 11.0 Å². The van der Waals surface area contributed by atoms with Crippen molar-refractivity contribution in [2.45, 2.75) is 52.0 Å². The van der Waals surface area contributed by atoms with Gasteiger partial charge in [0.15, 0.2) is 0 Å². The van der Waals surface area contributed by atoms with Crippen molar-refractivity contribution < 1.29 is 9.32 Å². The van der Waals surface area contributed by atoms with Crippen LogP contribution in [0, 0.1) is 0 Å². The molecule has 1 aliphatic heterocycles. The molecule has 128 valence electrons. The number of nitrogens with zero attached hydrogens (tertiary/aromatic N) is 2.